The molecule has 166 valence electrons. The van der Waals surface area contributed by atoms with E-state index in [0.717, 1.165) is 42.9 Å². The molecule has 0 amide bonds. The van der Waals surface area contributed by atoms with E-state index in [-0.39, 0.29) is 6.29 Å². The Labute approximate surface area is 185 Å². The van der Waals surface area contributed by atoms with Crippen LogP contribution < -0.4 is 4.74 Å². The number of aromatic nitrogens is 1. The molecule has 5 heteroatoms. The van der Waals surface area contributed by atoms with Crippen LogP contribution in [0.15, 0.2) is 59.2 Å². The summed E-state index contributed by atoms with van der Waals surface area (Å²) in [6.07, 6.45) is 5.23. The second-order valence-corrected chi connectivity index (χ2v) is 7.67. The second kappa shape index (κ2) is 12.3. The SMILES string of the molecule is CCCO[C@H](C)OCCCc1ccc(OCCc2coc(-c3cccc(C)c3)n2)cc1. The number of rotatable bonds is 13. The van der Waals surface area contributed by atoms with Crippen molar-refractivity contribution < 1.29 is 18.6 Å². The van der Waals surface area contributed by atoms with Gasteiger partial charge in [-0.1, -0.05) is 36.8 Å². The molecule has 0 N–H and O–H groups in total. The number of benzene rings is 2. The standard InChI is InChI=1S/C26H33NO4/c1-4-15-28-21(3)29-16-6-8-22-10-12-25(13-11-22)30-17-14-24-19-31-26(27-24)23-9-5-7-20(2)18-23/h5,7,9-13,18-19,21H,4,6,8,14-17H2,1-3H3/t21-/m0/s1. The minimum atomic E-state index is -0.131. The molecule has 0 aliphatic rings. The van der Waals surface area contributed by atoms with E-state index in [0.29, 0.717) is 25.5 Å². The van der Waals surface area contributed by atoms with Gasteiger partial charge in [0.15, 0.2) is 6.29 Å². The van der Waals surface area contributed by atoms with Gasteiger partial charge in [-0.25, -0.2) is 4.98 Å². The third kappa shape index (κ3) is 7.85. The molecule has 0 aliphatic carbocycles. The molecule has 0 fully saturated rings. The molecule has 3 aromatic rings. The van der Waals surface area contributed by atoms with Gasteiger partial charge in [-0.2, -0.15) is 0 Å². The summed E-state index contributed by atoms with van der Waals surface area (Å²) >= 11 is 0. The smallest absolute Gasteiger partial charge is 0.226 e. The lowest BCUT2D eigenvalue weighted by Gasteiger charge is -2.13. The van der Waals surface area contributed by atoms with Crippen LogP contribution >= 0.6 is 0 Å². The van der Waals surface area contributed by atoms with Gasteiger partial charge < -0.3 is 18.6 Å². The topological polar surface area (TPSA) is 53.7 Å². The highest BCUT2D eigenvalue weighted by molar-refractivity contribution is 5.54. The summed E-state index contributed by atoms with van der Waals surface area (Å²) in [6.45, 7) is 8.10. The van der Waals surface area contributed by atoms with Gasteiger partial charge in [0, 0.05) is 18.6 Å². The molecule has 5 nitrogen and oxygen atoms in total. The number of oxazole rings is 1. The van der Waals surface area contributed by atoms with Crippen LogP contribution in [0.3, 0.4) is 0 Å². The number of aryl methyl sites for hydroxylation is 2. The number of nitrogens with zero attached hydrogens (tertiary/aromatic N) is 1. The molecule has 1 aromatic heterocycles. The highest BCUT2D eigenvalue weighted by atomic mass is 16.7. The lowest BCUT2D eigenvalue weighted by atomic mass is 10.1. The molecule has 1 heterocycles. The minimum absolute atomic E-state index is 0.131. The summed E-state index contributed by atoms with van der Waals surface area (Å²) in [5.74, 6) is 1.52. The lowest BCUT2D eigenvalue weighted by molar-refractivity contribution is -0.130. The first-order valence-corrected chi connectivity index (χ1v) is 11.1. The van der Waals surface area contributed by atoms with Gasteiger partial charge in [0.05, 0.1) is 18.9 Å². The number of hydrogen-bond donors (Lipinski definition) is 0. The number of hydrogen-bond acceptors (Lipinski definition) is 5. The fraction of sp³-hybridized carbons (Fsp3) is 0.423. The molecule has 0 saturated carbocycles. The number of ether oxygens (including phenoxy) is 3. The van der Waals surface area contributed by atoms with E-state index in [9.17, 15) is 0 Å². The van der Waals surface area contributed by atoms with E-state index in [2.05, 4.69) is 43.1 Å². The Bertz CT molecular complexity index is 904. The Kier molecular flexibility index (Phi) is 9.13. The fourth-order valence-corrected chi connectivity index (χ4v) is 3.22. The van der Waals surface area contributed by atoms with Crippen LogP contribution in [0.5, 0.6) is 5.75 Å². The summed E-state index contributed by atoms with van der Waals surface area (Å²) < 4.78 is 22.7. The van der Waals surface area contributed by atoms with Crippen molar-refractivity contribution in [3.8, 4) is 17.2 Å². The predicted octanol–water partition coefficient (Wildman–Crippen LogP) is 5.99. The van der Waals surface area contributed by atoms with Crippen LogP contribution in [-0.4, -0.2) is 31.1 Å². The molecule has 0 radical (unpaired) electrons. The van der Waals surface area contributed by atoms with Crippen LogP contribution in [0, 0.1) is 6.92 Å². The van der Waals surface area contributed by atoms with Gasteiger partial charge in [0.25, 0.3) is 0 Å². The average molecular weight is 424 g/mol. The van der Waals surface area contributed by atoms with Gasteiger partial charge in [-0.05, 0) is 62.9 Å². The van der Waals surface area contributed by atoms with Crippen LogP contribution in [-0.2, 0) is 22.3 Å². The lowest BCUT2D eigenvalue weighted by Crippen LogP contribution is -2.14. The first-order chi connectivity index (χ1) is 15.1. The molecule has 0 aliphatic heterocycles. The van der Waals surface area contributed by atoms with Crippen molar-refractivity contribution in [3.63, 3.8) is 0 Å². The second-order valence-electron chi connectivity index (χ2n) is 7.67. The van der Waals surface area contributed by atoms with Gasteiger partial charge in [-0.15, -0.1) is 0 Å². The third-order valence-electron chi connectivity index (χ3n) is 4.89. The maximum atomic E-state index is 5.87. The van der Waals surface area contributed by atoms with E-state index in [4.69, 9.17) is 18.6 Å². The first-order valence-electron chi connectivity index (χ1n) is 11.1. The largest absolute Gasteiger partial charge is 0.493 e. The molecule has 31 heavy (non-hydrogen) atoms. The molecule has 3 rings (SSSR count). The molecule has 1 atom stereocenters. The van der Waals surface area contributed by atoms with Crippen LogP contribution in [0.1, 0.15) is 43.5 Å². The summed E-state index contributed by atoms with van der Waals surface area (Å²) in [5, 5.41) is 0. The van der Waals surface area contributed by atoms with Crippen molar-refractivity contribution in [3.05, 3.63) is 71.6 Å². The zero-order valence-electron chi connectivity index (χ0n) is 18.8. The van der Waals surface area contributed by atoms with Crippen molar-refractivity contribution in [1.82, 2.24) is 4.98 Å². The van der Waals surface area contributed by atoms with Crippen molar-refractivity contribution in [1.29, 1.82) is 0 Å². The Balaban J connectivity index is 1.36. The van der Waals surface area contributed by atoms with Gasteiger partial charge in [-0.3, -0.25) is 0 Å². The Morgan fingerprint density at radius 2 is 1.77 bits per heavy atom. The van der Waals surface area contributed by atoms with Crippen molar-refractivity contribution >= 4 is 0 Å². The maximum Gasteiger partial charge on any atom is 0.226 e. The normalized spacial score (nSPS) is 12.1. The van der Waals surface area contributed by atoms with Crippen molar-refractivity contribution in [2.45, 2.75) is 52.7 Å². The van der Waals surface area contributed by atoms with E-state index in [1.807, 2.05) is 31.2 Å². The Hall–Kier alpha value is -2.63. The Morgan fingerprint density at radius 1 is 0.968 bits per heavy atom. The maximum absolute atomic E-state index is 5.87. The van der Waals surface area contributed by atoms with Crippen molar-refractivity contribution in [2.24, 2.45) is 0 Å². The summed E-state index contributed by atoms with van der Waals surface area (Å²) in [5.41, 5.74) is 4.35. The highest BCUT2D eigenvalue weighted by Gasteiger charge is 2.07. The highest BCUT2D eigenvalue weighted by Crippen LogP contribution is 2.20. The first kappa shape index (κ1) is 23.0. The van der Waals surface area contributed by atoms with Crippen LogP contribution in [0.25, 0.3) is 11.5 Å². The minimum Gasteiger partial charge on any atom is -0.493 e. The molecule has 0 bridgehead atoms. The molecular weight excluding hydrogens is 390 g/mol. The summed E-state index contributed by atoms with van der Waals surface area (Å²) in [7, 11) is 0. The van der Waals surface area contributed by atoms with Gasteiger partial charge >= 0.3 is 0 Å². The quantitative estimate of drug-likeness (QED) is 0.249. The van der Waals surface area contributed by atoms with E-state index in [1.165, 1.54) is 11.1 Å². The van der Waals surface area contributed by atoms with Gasteiger partial charge in [0.2, 0.25) is 5.89 Å². The van der Waals surface area contributed by atoms with E-state index in [1.54, 1.807) is 6.26 Å². The zero-order chi connectivity index (χ0) is 21.9. The summed E-state index contributed by atoms with van der Waals surface area (Å²) in [6, 6.07) is 16.4. The zero-order valence-corrected chi connectivity index (χ0v) is 18.8. The van der Waals surface area contributed by atoms with E-state index >= 15 is 0 Å². The molecule has 0 unspecified atom stereocenters. The monoisotopic (exact) mass is 423 g/mol. The Morgan fingerprint density at radius 3 is 2.55 bits per heavy atom. The average Bonchev–Trinajstić information content (AvgIpc) is 3.25. The van der Waals surface area contributed by atoms with Gasteiger partial charge in [0.1, 0.15) is 12.0 Å². The molecule has 2 aromatic carbocycles. The fourth-order valence-electron chi connectivity index (χ4n) is 3.22. The summed E-state index contributed by atoms with van der Waals surface area (Å²) in [4.78, 5) is 4.57. The van der Waals surface area contributed by atoms with E-state index < -0.39 is 0 Å². The third-order valence-corrected chi connectivity index (χ3v) is 4.89. The van der Waals surface area contributed by atoms with Crippen LogP contribution in [0.4, 0.5) is 0 Å². The van der Waals surface area contributed by atoms with Crippen LogP contribution in [0.2, 0.25) is 0 Å². The molecule has 0 spiro atoms. The predicted molar refractivity (Wildman–Crippen MR) is 122 cm³/mol. The van der Waals surface area contributed by atoms with Crippen molar-refractivity contribution in [2.75, 3.05) is 19.8 Å². The molecular formula is C26H33NO4. The molecule has 0 saturated heterocycles.